The van der Waals surface area contributed by atoms with Gasteiger partial charge in [0.2, 0.25) is 0 Å². The number of methoxy groups -OCH3 is 2. The molecule has 0 bridgehead atoms. The minimum atomic E-state index is -0.755. The first kappa shape index (κ1) is 11.3. The molecule has 0 saturated carbocycles. The van der Waals surface area contributed by atoms with Crippen molar-refractivity contribution in [1.82, 2.24) is 0 Å². The average molecular weight is 208 g/mol. The fourth-order valence-corrected chi connectivity index (χ4v) is 1.96. The molecular formula is C8H16O4S. The van der Waals surface area contributed by atoms with Crippen molar-refractivity contribution in [3.63, 3.8) is 0 Å². The van der Waals surface area contributed by atoms with Crippen LogP contribution in [0.4, 0.5) is 0 Å². The van der Waals surface area contributed by atoms with Crippen molar-refractivity contribution in [3.8, 4) is 0 Å². The van der Waals surface area contributed by atoms with Gasteiger partial charge in [0.1, 0.15) is 23.7 Å². The fourth-order valence-electron chi connectivity index (χ4n) is 1.60. The molecule has 0 radical (unpaired) electrons. The maximum Gasteiger partial charge on any atom is 0.129 e. The predicted molar refractivity (Wildman–Crippen MR) is 50.9 cm³/mol. The minimum absolute atomic E-state index is 0.124. The van der Waals surface area contributed by atoms with E-state index in [-0.39, 0.29) is 18.3 Å². The SMILES string of the molecule is CO[C@@H]1[C@@H](OC)[C@@H](O)[C@H](S)O[C@H]1C. The second kappa shape index (κ2) is 4.61. The number of aliphatic hydroxyl groups is 1. The number of aliphatic hydroxyl groups excluding tert-OH is 1. The van der Waals surface area contributed by atoms with Crippen molar-refractivity contribution in [1.29, 1.82) is 0 Å². The summed E-state index contributed by atoms with van der Waals surface area (Å²) in [6, 6.07) is 0. The van der Waals surface area contributed by atoms with Crippen molar-refractivity contribution in [2.75, 3.05) is 14.2 Å². The summed E-state index contributed by atoms with van der Waals surface area (Å²) >= 11 is 4.10. The Morgan fingerprint density at radius 2 is 1.77 bits per heavy atom. The number of ether oxygens (including phenoxy) is 3. The molecule has 1 N–H and O–H groups in total. The largest absolute Gasteiger partial charge is 0.387 e. The van der Waals surface area contributed by atoms with Gasteiger partial charge in [-0.25, -0.2) is 0 Å². The van der Waals surface area contributed by atoms with E-state index in [1.54, 1.807) is 14.2 Å². The van der Waals surface area contributed by atoms with Crippen LogP contribution in [0.15, 0.2) is 0 Å². The maximum absolute atomic E-state index is 9.65. The molecular weight excluding hydrogens is 192 g/mol. The highest BCUT2D eigenvalue weighted by Gasteiger charge is 2.42. The third-order valence-corrected chi connectivity index (χ3v) is 2.74. The Hall–Kier alpha value is 0.190. The van der Waals surface area contributed by atoms with Crippen LogP contribution in [0.1, 0.15) is 6.92 Å². The lowest BCUT2D eigenvalue weighted by Gasteiger charge is -2.40. The topological polar surface area (TPSA) is 47.9 Å². The number of hydrogen-bond acceptors (Lipinski definition) is 5. The van der Waals surface area contributed by atoms with Gasteiger partial charge in [-0.1, -0.05) is 0 Å². The van der Waals surface area contributed by atoms with E-state index in [0.717, 1.165) is 0 Å². The lowest BCUT2D eigenvalue weighted by atomic mass is 10.0. The Kier molecular flexibility index (Phi) is 4.00. The molecule has 0 aromatic heterocycles. The highest BCUT2D eigenvalue weighted by atomic mass is 32.1. The Morgan fingerprint density at radius 3 is 2.23 bits per heavy atom. The summed E-state index contributed by atoms with van der Waals surface area (Å²) in [5.41, 5.74) is -0.508. The second-order valence-electron chi connectivity index (χ2n) is 3.12. The van der Waals surface area contributed by atoms with Crippen LogP contribution in [-0.4, -0.2) is 49.2 Å². The van der Waals surface area contributed by atoms with Gasteiger partial charge in [-0.05, 0) is 6.92 Å². The first-order valence-electron chi connectivity index (χ1n) is 4.19. The summed E-state index contributed by atoms with van der Waals surface area (Å²) in [5, 5.41) is 9.65. The van der Waals surface area contributed by atoms with Crippen molar-refractivity contribution in [2.24, 2.45) is 0 Å². The highest BCUT2D eigenvalue weighted by Crippen LogP contribution is 2.26. The normalized spacial score (nSPS) is 46.4. The quantitative estimate of drug-likeness (QED) is 0.630. The van der Waals surface area contributed by atoms with E-state index in [0.29, 0.717) is 0 Å². The first-order chi connectivity index (χ1) is 6.11. The molecule has 0 spiro atoms. The number of thiol groups is 1. The van der Waals surface area contributed by atoms with Gasteiger partial charge in [-0.2, -0.15) is 0 Å². The molecule has 5 heteroatoms. The monoisotopic (exact) mass is 208 g/mol. The lowest BCUT2D eigenvalue weighted by molar-refractivity contribution is -0.209. The minimum Gasteiger partial charge on any atom is -0.387 e. The van der Waals surface area contributed by atoms with Crippen LogP contribution in [0.3, 0.4) is 0 Å². The van der Waals surface area contributed by atoms with E-state index >= 15 is 0 Å². The molecule has 0 aliphatic carbocycles. The third-order valence-electron chi connectivity index (χ3n) is 2.31. The van der Waals surface area contributed by atoms with E-state index < -0.39 is 11.5 Å². The average Bonchev–Trinajstić information content (AvgIpc) is 2.10. The Balaban J connectivity index is 2.71. The van der Waals surface area contributed by atoms with Gasteiger partial charge in [0, 0.05) is 14.2 Å². The zero-order valence-electron chi connectivity index (χ0n) is 8.01. The van der Waals surface area contributed by atoms with Gasteiger partial charge in [0.05, 0.1) is 6.10 Å². The molecule has 78 valence electrons. The van der Waals surface area contributed by atoms with Crippen molar-refractivity contribution >= 4 is 12.6 Å². The van der Waals surface area contributed by atoms with Crippen LogP contribution >= 0.6 is 12.6 Å². The predicted octanol–water partition coefficient (Wildman–Crippen LogP) is 0.0519. The molecule has 1 aliphatic rings. The standard InChI is InChI=1S/C8H16O4S/c1-4-6(10-2)7(11-3)5(9)8(13)12-4/h4-9,13H,1-3H3/t4-,5+,6-,7-,8-/m0/s1. The molecule has 0 aromatic carbocycles. The van der Waals surface area contributed by atoms with E-state index in [4.69, 9.17) is 14.2 Å². The molecule has 0 amide bonds. The number of hydrogen-bond donors (Lipinski definition) is 2. The molecule has 0 aromatic rings. The fraction of sp³-hybridized carbons (Fsp3) is 1.00. The highest BCUT2D eigenvalue weighted by molar-refractivity contribution is 7.80. The van der Waals surface area contributed by atoms with Gasteiger partial charge in [0.25, 0.3) is 0 Å². The third kappa shape index (κ3) is 2.16. The van der Waals surface area contributed by atoms with Gasteiger partial charge in [-0.3, -0.25) is 0 Å². The zero-order chi connectivity index (χ0) is 10.0. The van der Waals surface area contributed by atoms with Crippen molar-refractivity contribution in [2.45, 2.75) is 36.8 Å². The van der Waals surface area contributed by atoms with E-state index in [2.05, 4.69) is 12.6 Å². The molecule has 13 heavy (non-hydrogen) atoms. The smallest absolute Gasteiger partial charge is 0.129 e. The second-order valence-corrected chi connectivity index (χ2v) is 3.63. The van der Waals surface area contributed by atoms with E-state index in [1.165, 1.54) is 0 Å². The summed E-state index contributed by atoms with van der Waals surface area (Å²) in [7, 11) is 3.11. The number of rotatable bonds is 2. The maximum atomic E-state index is 9.65. The van der Waals surface area contributed by atoms with E-state index in [9.17, 15) is 5.11 Å². The summed E-state index contributed by atoms with van der Waals surface area (Å²) in [6.45, 7) is 1.87. The van der Waals surface area contributed by atoms with E-state index in [1.807, 2.05) is 6.92 Å². The Bertz CT molecular complexity index is 166. The Morgan fingerprint density at radius 1 is 1.23 bits per heavy atom. The zero-order valence-corrected chi connectivity index (χ0v) is 8.90. The van der Waals surface area contributed by atoms with Gasteiger partial charge >= 0.3 is 0 Å². The summed E-state index contributed by atoms with van der Waals surface area (Å²) in [4.78, 5) is 0. The molecule has 1 rings (SSSR count). The van der Waals surface area contributed by atoms with Crippen LogP contribution in [0.25, 0.3) is 0 Å². The molecule has 5 atom stereocenters. The van der Waals surface area contributed by atoms with Crippen LogP contribution in [0, 0.1) is 0 Å². The molecule has 1 fully saturated rings. The van der Waals surface area contributed by atoms with Crippen LogP contribution in [0.2, 0.25) is 0 Å². The van der Waals surface area contributed by atoms with Crippen LogP contribution in [0.5, 0.6) is 0 Å². The Labute approximate surface area is 83.6 Å². The van der Waals surface area contributed by atoms with Gasteiger partial charge in [0.15, 0.2) is 0 Å². The van der Waals surface area contributed by atoms with Crippen LogP contribution in [-0.2, 0) is 14.2 Å². The molecule has 1 heterocycles. The van der Waals surface area contributed by atoms with Crippen LogP contribution < -0.4 is 0 Å². The molecule has 1 aliphatic heterocycles. The molecule has 0 unspecified atom stereocenters. The van der Waals surface area contributed by atoms with Gasteiger partial charge in [-0.15, -0.1) is 12.6 Å². The summed E-state index contributed by atoms with van der Waals surface area (Å²) < 4.78 is 15.7. The molecule has 4 nitrogen and oxygen atoms in total. The van der Waals surface area contributed by atoms with Crippen molar-refractivity contribution < 1.29 is 19.3 Å². The molecule has 1 saturated heterocycles. The summed E-state index contributed by atoms with van der Waals surface area (Å²) in [5.74, 6) is 0. The first-order valence-corrected chi connectivity index (χ1v) is 4.70. The van der Waals surface area contributed by atoms with Crippen molar-refractivity contribution in [3.05, 3.63) is 0 Å². The summed E-state index contributed by atoms with van der Waals surface area (Å²) in [6.07, 6.45) is -1.50. The van der Waals surface area contributed by atoms with Gasteiger partial charge < -0.3 is 19.3 Å². The lowest BCUT2D eigenvalue weighted by Crippen LogP contribution is -2.56.